The molecule has 0 bridgehead atoms. The minimum absolute atomic E-state index is 0.348. The minimum atomic E-state index is -0.884. The normalized spacial score (nSPS) is 10.2. The molecule has 3 nitrogen and oxygen atoms in total. The molecule has 0 amide bonds. The number of carboxylic acid groups (broad SMARTS) is 1. The van der Waals surface area contributed by atoms with Crippen molar-refractivity contribution in [1.29, 1.82) is 0 Å². The molecule has 2 heterocycles. The van der Waals surface area contributed by atoms with Crippen molar-refractivity contribution in [2.45, 2.75) is 0 Å². The van der Waals surface area contributed by atoms with Crippen LogP contribution in [-0.4, -0.2) is 15.6 Å². The van der Waals surface area contributed by atoms with Gasteiger partial charge in [-0.1, -0.05) is 0 Å². The smallest absolute Gasteiger partial charge is 0.338 e. The molecule has 0 radical (unpaired) electrons. The van der Waals surface area contributed by atoms with Gasteiger partial charge in [-0.15, -0.1) is 11.3 Å². The number of aromatic carboxylic acids is 1. The summed E-state index contributed by atoms with van der Waals surface area (Å²) in [4.78, 5) is 10.8. The lowest BCUT2D eigenvalue weighted by molar-refractivity contribution is 0.0697. The van der Waals surface area contributed by atoms with Gasteiger partial charge in [0, 0.05) is 12.4 Å². The van der Waals surface area contributed by atoms with E-state index in [-0.39, 0.29) is 0 Å². The summed E-state index contributed by atoms with van der Waals surface area (Å²) in [5.41, 5.74) is 0.348. The largest absolute Gasteiger partial charge is 0.478 e. The van der Waals surface area contributed by atoms with Gasteiger partial charge >= 0.3 is 5.97 Å². The number of hydrogen-bond acceptors (Lipinski definition) is 2. The second-order valence-electron chi connectivity index (χ2n) is 2.53. The second kappa shape index (κ2) is 3.06. The number of carboxylic acids is 1. The Bertz CT molecular complexity index is 417. The Labute approximate surface area is 78.9 Å². The monoisotopic (exact) mass is 193 g/mol. The third kappa shape index (κ3) is 1.36. The van der Waals surface area contributed by atoms with Crippen LogP contribution in [0.3, 0.4) is 0 Å². The number of rotatable bonds is 2. The van der Waals surface area contributed by atoms with Gasteiger partial charge in [-0.3, -0.25) is 0 Å². The van der Waals surface area contributed by atoms with Crippen molar-refractivity contribution < 1.29 is 9.90 Å². The topological polar surface area (TPSA) is 42.2 Å². The Morgan fingerprint density at radius 3 is 2.69 bits per heavy atom. The number of aromatic nitrogens is 1. The van der Waals surface area contributed by atoms with Crippen LogP contribution >= 0.6 is 11.3 Å². The summed E-state index contributed by atoms with van der Waals surface area (Å²) < 4.78 is 1.80. The van der Waals surface area contributed by atoms with Crippen LogP contribution in [0.15, 0.2) is 36.0 Å². The van der Waals surface area contributed by atoms with Crippen molar-refractivity contribution in [2.24, 2.45) is 0 Å². The first kappa shape index (κ1) is 8.07. The molecule has 2 aromatic heterocycles. The van der Waals surface area contributed by atoms with Gasteiger partial charge in [0.2, 0.25) is 0 Å². The summed E-state index contributed by atoms with van der Waals surface area (Å²) in [5.74, 6) is -0.884. The van der Waals surface area contributed by atoms with Crippen LogP contribution in [0.5, 0.6) is 0 Å². The SMILES string of the molecule is O=C(O)c1ccsc1-n1cccc1. The number of carbonyl (C=O) groups is 1. The van der Waals surface area contributed by atoms with Crippen LogP contribution in [-0.2, 0) is 0 Å². The van der Waals surface area contributed by atoms with Crippen molar-refractivity contribution in [2.75, 3.05) is 0 Å². The van der Waals surface area contributed by atoms with E-state index in [9.17, 15) is 4.79 Å². The average Bonchev–Trinajstić information content (AvgIpc) is 2.74. The average molecular weight is 193 g/mol. The molecule has 0 saturated heterocycles. The van der Waals surface area contributed by atoms with Crippen LogP contribution in [0.2, 0.25) is 0 Å². The zero-order chi connectivity index (χ0) is 9.26. The molecule has 0 saturated carbocycles. The third-order valence-corrected chi connectivity index (χ3v) is 2.64. The lowest BCUT2D eigenvalue weighted by Gasteiger charge is -1.99. The number of nitrogens with zero attached hydrogens (tertiary/aromatic N) is 1. The quantitative estimate of drug-likeness (QED) is 0.794. The highest BCUT2D eigenvalue weighted by molar-refractivity contribution is 7.13. The van der Waals surface area contributed by atoms with Crippen molar-refractivity contribution in [3.8, 4) is 5.00 Å². The Morgan fingerprint density at radius 1 is 1.38 bits per heavy atom. The number of hydrogen-bond donors (Lipinski definition) is 1. The van der Waals surface area contributed by atoms with E-state index in [2.05, 4.69) is 0 Å². The van der Waals surface area contributed by atoms with Gasteiger partial charge in [0.05, 0.1) is 5.56 Å². The summed E-state index contributed by atoms with van der Waals surface area (Å²) in [6, 6.07) is 5.35. The zero-order valence-corrected chi connectivity index (χ0v) is 7.49. The first-order chi connectivity index (χ1) is 6.29. The van der Waals surface area contributed by atoms with Crippen LogP contribution in [0.4, 0.5) is 0 Å². The fourth-order valence-corrected chi connectivity index (χ4v) is 1.99. The molecular formula is C9H7NO2S. The van der Waals surface area contributed by atoms with Crippen LogP contribution in [0.25, 0.3) is 5.00 Å². The predicted molar refractivity (Wildman–Crippen MR) is 50.6 cm³/mol. The maximum Gasteiger partial charge on any atom is 0.338 e. The first-order valence-electron chi connectivity index (χ1n) is 3.73. The first-order valence-corrected chi connectivity index (χ1v) is 4.61. The Kier molecular flexibility index (Phi) is 1.90. The maximum absolute atomic E-state index is 10.8. The molecule has 0 unspecified atom stereocenters. The van der Waals surface area contributed by atoms with Crippen molar-refractivity contribution in [3.63, 3.8) is 0 Å². The van der Waals surface area contributed by atoms with Gasteiger partial charge in [-0.2, -0.15) is 0 Å². The van der Waals surface area contributed by atoms with Gasteiger partial charge in [0.25, 0.3) is 0 Å². The Balaban J connectivity index is 2.52. The summed E-state index contributed by atoms with van der Waals surface area (Å²) in [6.07, 6.45) is 3.66. The maximum atomic E-state index is 10.8. The molecule has 0 fully saturated rings. The predicted octanol–water partition coefficient (Wildman–Crippen LogP) is 2.24. The van der Waals surface area contributed by atoms with E-state index in [1.165, 1.54) is 11.3 Å². The molecule has 4 heteroatoms. The van der Waals surface area contributed by atoms with Crippen molar-refractivity contribution in [3.05, 3.63) is 41.5 Å². The molecule has 0 aromatic carbocycles. The molecule has 2 rings (SSSR count). The Morgan fingerprint density at radius 2 is 2.08 bits per heavy atom. The molecule has 0 spiro atoms. The summed E-state index contributed by atoms with van der Waals surface area (Å²) in [7, 11) is 0. The summed E-state index contributed by atoms with van der Waals surface area (Å²) >= 11 is 1.42. The molecular weight excluding hydrogens is 186 g/mol. The highest BCUT2D eigenvalue weighted by atomic mass is 32.1. The molecule has 1 N–H and O–H groups in total. The van der Waals surface area contributed by atoms with Gasteiger partial charge in [-0.05, 0) is 23.6 Å². The van der Waals surface area contributed by atoms with E-state index in [1.807, 2.05) is 24.5 Å². The molecule has 2 aromatic rings. The molecule has 13 heavy (non-hydrogen) atoms. The standard InChI is InChI=1S/C9H7NO2S/c11-9(12)7-3-6-13-8(7)10-4-1-2-5-10/h1-6H,(H,11,12). The van der Waals surface area contributed by atoms with Crippen LogP contribution < -0.4 is 0 Å². The van der Waals surface area contributed by atoms with Gasteiger partial charge in [-0.25, -0.2) is 4.79 Å². The van der Waals surface area contributed by atoms with E-state index < -0.39 is 5.97 Å². The van der Waals surface area contributed by atoms with Gasteiger partial charge in [0.15, 0.2) is 0 Å². The third-order valence-electron chi connectivity index (χ3n) is 1.71. The molecule has 0 aliphatic rings. The van der Waals surface area contributed by atoms with Crippen LogP contribution in [0.1, 0.15) is 10.4 Å². The van der Waals surface area contributed by atoms with Crippen molar-refractivity contribution in [1.82, 2.24) is 4.57 Å². The van der Waals surface area contributed by atoms with Crippen LogP contribution in [0, 0.1) is 0 Å². The van der Waals surface area contributed by atoms with E-state index in [0.29, 0.717) is 5.56 Å². The summed E-state index contributed by atoms with van der Waals surface area (Å²) in [6.45, 7) is 0. The van der Waals surface area contributed by atoms with Crippen molar-refractivity contribution >= 4 is 17.3 Å². The molecule has 0 aliphatic carbocycles. The highest BCUT2D eigenvalue weighted by Crippen LogP contribution is 2.21. The van der Waals surface area contributed by atoms with E-state index >= 15 is 0 Å². The lowest BCUT2D eigenvalue weighted by atomic mass is 10.3. The Hall–Kier alpha value is -1.55. The lowest BCUT2D eigenvalue weighted by Crippen LogP contribution is -1.99. The highest BCUT2D eigenvalue weighted by Gasteiger charge is 2.11. The van der Waals surface area contributed by atoms with E-state index in [0.717, 1.165) is 5.00 Å². The van der Waals surface area contributed by atoms with E-state index in [4.69, 9.17) is 5.11 Å². The molecule has 66 valence electrons. The molecule has 0 aliphatic heterocycles. The molecule has 0 atom stereocenters. The van der Waals surface area contributed by atoms with Gasteiger partial charge in [0.1, 0.15) is 5.00 Å². The fourth-order valence-electron chi connectivity index (χ4n) is 1.13. The fraction of sp³-hybridized carbons (Fsp3) is 0. The van der Waals surface area contributed by atoms with Gasteiger partial charge < -0.3 is 9.67 Å². The van der Waals surface area contributed by atoms with E-state index in [1.54, 1.807) is 16.0 Å². The summed E-state index contributed by atoms with van der Waals surface area (Å²) in [5, 5.41) is 11.4. The zero-order valence-electron chi connectivity index (χ0n) is 6.68. The second-order valence-corrected chi connectivity index (χ2v) is 3.43. The minimum Gasteiger partial charge on any atom is -0.478 e. The number of thiophene rings is 1.